The number of rotatable bonds is 4. The summed E-state index contributed by atoms with van der Waals surface area (Å²) in [5.41, 5.74) is 0.741. The van der Waals surface area contributed by atoms with E-state index in [0.29, 0.717) is 23.8 Å². The Kier molecular flexibility index (Phi) is 3.88. The van der Waals surface area contributed by atoms with Gasteiger partial charge in [-0.1, -0.05) is 12.1 Å². The fourth-order valence-electron chi connectivity index (χ4n) is 3.90. The Balaban J connectivity index is 1.63. The first-order chi connectivity index (χ1) is 13.2. The van der Waals surface area contributed by atoms with Gasteiger partial charge in [-0.3, -0.25) is 9.36 Å². The SMILES string of the molecule is O=c1c2ccccc2nc(C2CCCN2c2ncc(F)cn2)n1CC1CC1. The minimum atomic E-state index is -0.455. The van der Waals surface area contributed by atoms with Crippen LogP contribution in [0.1, 0.15) is 37.5 Å². The van der Waals surface area contributed by atoms with Gasteiger partial charge in [-0.25, -0.2) is 19.3 Å². The Labute approximate surface area is 155 Å². The lowest BCUT2D eigenvalue weighted by Crippen LogP contribution is -2.33. The van der Waals surface area contributed by atoms with Gasteiger partial charge in [-0.05, 0) is 43.7 Å². The largest absolute Gasteiger partial charge is 0.331 e. The van der Waals surface area contributed by atoms with E-state index in [0.717, 1.165) is 43.6 Å². The van der Waals surface area contributed by atoms with Crippen LogP contribution < -0.4 is 10.5 Å². The van der Waals surface area contributed by atoms with Crippen molar-refractivity contribution in [2.24, 2.45) is 5.92 Å². The average molecular weight is 365 g/mol. The molecule has 2 fully saturated rings. The van der Waals surface area contributed by atoms with Crippen LogP contribution in [0.3, 0.4) is 0 Å². The molecule has 6 nitrogen and oxygen atoms in total. The van der Waals surface area contributed by atoms with E-state index < -0.39 is 5.82 Å². The van der Waals surface area contributed by atoms with Crippen LogP contribution in [0.5, 0.6) is 0 Å². The zero-order valence-electron chi connectivity index (χ0n) is 14.9. The lowest BCUT2D eigenvalue weighted by atomic mass is 10.1. The van der Waals surface area contributed by atoms with Crippen LogP contribution in [0.4, 0.5) is 10.3 Å². The number of aromatic nitrogens is 4. The topological polar surface area (TPSA) is 63.9 Å². The summed E-state index contributed by atoms with van der Waals surface area (Å²) in [5, 5.41) is 0.657. The highest BCUT2D eigenvalue weighted by molar-refractivity contribution is 5.77. The van der Waals surface area contributed by atoms with Gasteiger partial charge in [0.25, 0.3) is 5.56 Å². The standard InChI is InChI=1S/C20H20FN5O/c21-14-10-22-20(23-11-14)25-9-3-6-17(25)18-24-16-5-2-1-4-15(16)19(27)26(18)12-13-7-8-13/h1-2,4-5,10-11,13,17H,3,6-9,12H2. The summed E-state index contributed by atoms with van der Waals surface area (Å²) in [6, 6.07) is 7.43. The van der Waals surface area contributed by atoms with Gasteiger partial charge in [0.1, 0.15) is 5.82 Å². The Morgan fingerprint density at radius 2 is 1.89 bits per heavy atom. The second-order valence-corrected chi connectivity index (χ2v) is 7.40. The number of hydrogen-bond acceptors (Lipinski definition) is 5. The van der Waals surface area contributed by atoms with Crippen molar-refractivity contribution in [3.05, 3.63) is 58.7 Å². The molecule has 0 N–H and O–H groups in total. The second-order valence-electron chi connectivity index (χ2n) is 7.40. The van der Waals surface area contributed by atoms with Gasteiger partial charge in [0, 0.05) is 13.1 Å². The van der Waals surface area contributed by atoms with Crippen LogP contribution in [-0.4, -0.2) is 26.1 Å². The maximum absolute atomic E-state index is 13.2. The van der Waals surface area contributed by atoms with E-state index in [9.17, 15) is 9.18 Å². The van der Waals surface area contributed by atoms with Crippen molar-refractivity contribution in [2.45, 2.75) is 38.3 Å². The van der Waals surface area contributed by atoms with Crippen molar-refractivity contribution in [3.63, 3.8) is 0 Å². The number of fused-ring (bicyclic) bond motifs is 1. The zero-order valence-corrected chi connectivity index (χ0v) is 14.9. The maximum atomic E-state index is 13.2. The molecule has 27 heavy (non-hydrogen) atoms. The number of nitrogens with zero attached hydrogens (tertiary/aromatic N) is 5. The molecule has 5 rings (SSSR count). The molecule has 1 aliphatic heterocycles. The van der Waals surface area contributed by atoms with Gasteiger partial charge in [-0.2, -0.15) is 0 Å². The Morgan fingerprint density at radius 1 is 1.11 bits per heavy atom. The molecule has 3 heterocycles. The molecule has 138 valence electrons. The highest BCUT2D eigenvalue weighted by Crippen LogP contribution is 2.36. The molecule has 1 saturated heterocycles. The molecule has 2 aromatic heterocycles. The Bertz CT molecular complexity index is 1040. The molecule has 0 radical (unpaired) electrons. The average Bonchev–Trinajstić information content (AvgIpc) is 3.38. The van der Waals surface area contributed by atoms with E-state index in [2.05, 4.69) is 9.97 Å². The predicted octanol–water partition coefficient (Wildman–Crippen LogP) is 3.08. The number of anilines is 1. The van der Waals surface area contributed by atoms with Crippen LogP contribution in [-0.2, 0) is 6.54 Å². The zero-order chi connectivity index (χ0) is 18.4. The quantitative estimate of drug-likeness (QED) is 0.711. The monoisotopic (exact) mass is 365 g/mol. The van der Waals surface area contributed by atoms with Crippen LogP contribution in [0, 0.1) is 11.7 Å². The maximum Gasteiger partial charge on any atom is 0.261 e. The summed E-state index contributed by atoms with van der Waals surface area (Å²) in [6.45, 7) is 1.48. The molecule has 1 saturated carbocycles. The number of para-hydroxylation sites is 1. The van der Waals surface area contributed by atoms with Crippen molar-refractivity contribution in [1.29, 1.82) is 0 Å². The smallest absolute Gasteiger partial charge is 0.261 e. The molecule has 1 unspecified atom stereocenters. The van der Waals surface area contributed by atoms with E-state index in [1.54, 1.807) is 0 Å². The molecule has 3 aromatic rings. The van der Waals surface area contributed by atoms with Crippen LogP contribution in [0.2, 0.25) is 0 Å². The summed E-state index contributed by atoms with van der Waals surface area (Å²) >= 11 is 0. The highest BCUT2D eigenvalue weighted by atomic mass is 19.1. The molecule has 1 atom stereocenters. The van der Waals surface area contributed by atoms with Gasteiger partial charge in [0.05, 0.1) is 29.3 Å². The first-order valence-electron chi connectivity index (χ1n) is 9.44. The lowest BCUT2D eigenvalue weighted by molar-refractivity contribution is 0.523. The summed E-state index contributed by atoms with van der Waals surface area (Å²) in [5.74, 6) is 1.36. The van der Waals surface area contributed by atoms with Crippen molar-refractivity contribution in [1.82, 2.24) is 19.5 Å². The summed E-state index contributed by atoms with van der Waals surface area (Å²) in [4.78, 5) is 28.4. The van der Waals surface area contributed by atoms with Crippen molar-refractivity contribution >= 4 is 16.9 Å². The first-order valence-corrected chi connectivity index (χ1v) is 9.44. The Hall–Kier alpha value is -2.83. The van der Waals surface area contributed by atoms with Gasteiger partial charge < -0.3 is 4.90 Å². The molecule has 0 amide bonds. The molecule has 7 heteroatoms. The number of halogens is 1. The van der Waals surface area contributed by atoms with E-state index >= 15 is 0 Å². The molecule has 2 aliphatic rings. The molecular formula is C20H20FN5O. The van der Waals surface area contributed by atoms with E-state index in [1.807, 2.05) is 33.7 Å². The van der Waals surface area contributed by atoms with Crippen molar-refractivity contribution in [2.75, 3.05) is 11.4 Å². The minimum absolute atomic E-state index is 0.0226. The number of benzene rings is 1. The predicted molar refractivity (Wildman–Crippen MR) is 100 cm³/mol. The van der Waals surface area contributed by atoms with Gasteiger partial charge in [0.2, 0.25) is 5.95 Å². The summed E-state index contributed by atoms with van der Waals surface area (Å²) in [6.07, 6.45) is 6.52. The van der Waals surface area contributed by atoms with Crippen LogP contribution >= 0.6 is 0 Å². The van der Waals surface area contributed by atoms with E-state index in [-0.39, 0.29) is 11.6 Å². The minimum Gasteiger partial charge on any atom is -0.331 e. The van der Waals surface area contributed by atoms with E-state index in [4.69, 9.17) is 4.98 Å². The number of hydrogen-bond donors (Lipinski definition) is 0. The third kappa shape index (κ3) is 2.97. The molecular weight excluding hydrogens is 345 g/mol. The third-order valence-corrected chi connectivity index (χ3v) is 5.44. The fourth-order valence-corrected chi connectivity index (χ4v) is 3.90. The van der Waals surface area contributed by atoms with Crippen molar-refractivity contribution in [3.8, 4) is 0 Å². The van der Waals surface area contributed by atoms with Gasteiger partial charge in [-0.15, -0.1) is 0 Å². The highest BCUT2D eigenvalue weighted by Gasteiger charge is 2.33. The fraction of sp³-hybridized carbons (Fsp3) is 0.400. The van der Waals surface area contributed by atoms with Crippen molar-refractivity contribution < 1.29 is 4.39 Å². The summed E-state index contributed by atoms with van der Waals surface area (Å²) in [7, 11) is 0. The van der Waals surface area contributed by atoms with E-state index in [1.165, 1.54) is 12.4 Å². The normalized spacial score (nSPS) is 19.7. The van der Waals surface area contributed by atoms with Gasteiger partial charge in [0.15, 0.2) is 5.82 Å². The first kappa shape index (κ1) is 16.4. The molecule has 1 aliphatic carbocycles. The van der Waals surface area contributed by atoms with Crippen LogP contribution in [0.15, 0.2) is 41.5 Å². The summed E-state index contributed by atoms with van der Waals surface area (Å²) < 4.78 is 15.1. The molecule has 1 aromatic carbocycles. The second kappa shape index (κ2) is 6.40. The lowest BCUT2D eigenvalue weighted by Gasteiger charge is -2.26. The van der Waals surface area contributed by atoms with Gasteiger partial charge >= 0.3 is 0 Å². The third-order valence-electron chi connectivity index (χ3n) is 5.44. The molecule has 0 bridgehead atoms. The molecule has 0 spiro atoms. The Morgan fingerprint density at radius 3 is 2.67 bits per heavy atom. The van der Waals surface area contributed by atoms with Crippen LogP contribution in [0.25, 0.3) is 10.9 Å².